The maximum atomic E-state index is 12.4. The number of carbonyl (C=O) groups is 2. The van der Waals surface area contributed by atoms with E-state index in [1.54, 1.807) is 13.0 Å². The third-order valence-corrected chi connectivity index (χ3v) is 4.15. The molecule has 0 saturated carbocycles. The van der Waals surface area contributed by atoms with E-state index in [2.05, 4.69) is 10.5 Å². The lowest BCUT2D eigenvalue weighted by atomic mass is 10.1. The average Bonchev–Trinajstić information content (AvgIpc) is 3.07. The topological polar surface area (TPSA) is 75.4 Å². The smallest absolute Gasteiger partial charge is 0.290 e. The van der Waals surface area contributed by atoms with Crippen LogP contribution >= 0.6 is 0 Å². The molecule has 0 bridgehead atoms. The van der Waals surface area contributed by atoms with Gasteiger partial charge in [-0.1, -0.05) is 17.3 Å². The molecule has 126 valence electrons. The molecule has 2 aromatic rings. The van der Waals surface area contributed by atoms with Crippen LogP contribution in [-0.2, 0) is 6.54 Å². The minimum Gasteiger partial charge on any atom is -0.351 e. The Morgan fingerprint density at radius 3 is 2.50 bits per heavy atom. The van der Waals surface area contributed by atoms with E-state index in [0.717, 1.165) is 31.5 Å². The Balaban J connectivity index is 1.56. The van der Waals surface area contributed by atoms with Crippen molar-refractivity contribution in [1.82, 2.24) is 15.4 Å². The van der Waals surface area contributed by atoms with Crippen LogP contribution in [-0.4, -0.2) is 35.0 Å². The minimum absolute atomic E-state index is 0.0856. The SMILES string of the molecule is Cc1cc(C(=O)NCc2ccc(C(=O)N3CCCCC3)cc2)on1. The molecule has 2 heterocycles. The van der Waals surface area contributed by atoms with Crippen molar-refractivity contribution in [2.24, 2.45) is 0 Å². The molecule has 0 radical (unpaired) electrons. The maximum Gasteiger partial charge on any atom is 0.290 e. The summed E-state index contributed by atoms with van der Waals surface area (Å²) in [4.78, 5) is 26.2. The first kappa shape index (κ1) is 16.2. The van der Waals surface area contributed by atoms with Crippen molar-refractivity contribution in [1.29, 1.82) is 0 Å². The largest absolute Gasteiger partial charge is 0.351 e. The fraction of sp³-hybridized carbons (Fsp3) is 0.389. The van der Waals surface area contributed by atoms with Crippen LogP contribution in [0.4, 0.5) is 0 Å². The molecule has 1 aliphatic rings. The van der Waals surface area contributed by atoms with Gasteiger partial charge in [-0.15, -0.1) is 0 Å². The first-order valence-corrected chi connectivity index (χ1v) is 8.23. The van der Waals surface area contributed by atoms with Crippen molar-refractivity contribution < 1.29 is 14.1 Å². The highest BCUT2D eigenvalue weighted by molar-refractivity contribution is 5.94. The summed E-state index contributed by atoms with van der Waals surface area (Å²) in [7, 11) is 0. The molecule has 24 heavy (non-hydrogen) atoms. The summed E-state index contributed by atoms with van der Waals surface area (Å²) < 4.78 is 4.92. The van der Waals surface area contributed by atoms with Gasteiger partial charge in [0.15, 0.2) is 0 Å². The molecule has 1 N–H and O–H groups in total. The van der Waals surface area contributed by atoms with Gasteiger partial charge in [-0.25, -0.2) is 0 Å². The van der Waals surface area contributed by atoms with Crippen molar-refractivity contribution in [3.05, 3.63) is 52.9 Å². The average molecular weight is 327 g/mol. The Morgan fingerprint density at radius 2 is 1.88 bits per heavy atom. The lowest BCUT2D eigenvalue weighted by Gasteiger charge is -2.26. The van der Waals surface area contributed by atoms with E-state index in [9.17, 15) is 9.59 Å². The van der Waals surface area contributed by atoms with Gasteiger partial charge >= 0.3 is 0 Å². The highest BCUT2D eigenvalue weighted by Gasteiger charge is 2.18. The molecule has 1 fully saturated rings. The number of hydrogen-bond acceptors (Lipinski definition) is 4. The number of likely N-dealkylation sites (tertiary alicyclic amines) is 1. The van der Waals surface area contributed by atoms with Crippen LogP contribution in [0.1, 0.15) is 51.4 Å². The predicted octanol–water partition coefficient (Wildman–Crippen LogP) is 2.54. The first-order valence-electron chi connectivity index (χ1n) is 8.23. The molecular weight excluding hydrogens is 306 g/mol. The monoisotopic (exact) mass is 327 g/mol. The van der Waals surface area contributed by atoms with Crippen LogP contribution in [0, 0.1) is 6.92 Å². The molecule has 1 aromatic heterocycles. The van der Waals surface area contributed by atoms with Gasteiger partial charge < -0.3 is 14.7 Å². The maximum absolute atomic E-state index is 12.4. The number of amides is 2. The van der Waals surface area contributed by atoms with Gasteiger partial charge in [0, 0.05) is 31.3 Å². The van der Waals surface area contributed by atoms with E-state index in [0.29, 0.717) is 17.8 Å². The van der Waals surface area contributed by atoms with Crippen LogP contribution in [0.2, 0.25) is 0 Å². The van der Waals surface area contributed by atoms with Crippen LogP contribution in [0.25, 0.3) is 0 Å². The Bertz CT molecular complexity index is 715. The molecular formula is C18H21N3O3. The van der Waals surface area contributed by atoms with Gasteiger partial charge in [0.05, 0.1) is 5.69 Å². The van der Waals surface area contributed by atoms with Crippen molar-refractivity contribution in [3.8, 4) is 0 Å². The van der Waals surface area contributed by atoms with E-state index in [4.69, 9.17) is 4.52 Å². The van der Waals surface area contributed by atoms with Gasteiger partial charge in [0.2, 0.25) is 5.76 Å². The number of aryl methyl sites for hydroxylation is 1. The molecule has 3 rings (SSSR count). The number of benzene rings is 1. The number of nitrogens with zero attached hydrogens (tertiary/aromatic N) is 2. The Kier molecular flexibility index (Phi) is 4.93. The van der Waals surface area contributed by atoms with Crippen LogP contribution in [0.15, 0.2) is 34.9 Å². The zero-order chi connectivity index (χ0) is 16.9. The second-order valence-corrected chi connectivity index (χ2v) is 6.07. The van der Waals surface area contributed by atoms with Crippen LogP contribution in [0.3, 0.4) is 0 Å². The molecule has 0 unspecified atom stereocenters. The predicted molar refractivity (Wildman–Crippen MR) is 88.6 cm³/mol. The zero-order valence-electron chi connectivity index (χ0n) is 13.7. The van der Waals surface area contributed by atoms with Crippen molar-refractivity contribution in [2.45, 2.75) is 32.7 Å². The van der Waals surface area contributed by atoms with Gasteiger partial charge in [0.25, 0.3) is 11.8 Å². The Labute approximate surface area is 140 Å². The number of piperidine rings is 1. The normalized spacial score (nSPS) is 14.5. The van der Waals surface area contributed by atoms with Gasteiger partial charge in [-0.2, -0.15) is 0 Å². The summed E-state index contributed by atoms with van der Waals surface area (Å²) in [6, 6.07) is 8.95. The molecule has 0 spiro atoms. The summed E-state index contributed by atoms with van der Waals surface area (Å²) in [5.74, 6) is -0.0177. The van der Waals surface area contributed by atoms with E-state index >= 15 is 0 Å². The number of aromatic nitrogens is 1. The zero-order valence-corrected chi connectivity index (χ0v) is 13.7. The molecule has 0 atom stereocenters. The van der Waals surface area contributed by atoms with Crippen LogP contribution in [0.5, 0.6) is 0 Å². The van der Waals surface area contributed by atoms with E-state index in [1.807, 2.05) is 29.2 Å². The van der Waals surface area contributed by atoms with Gasteiger partial charge in [-0.3, -0.25) is 9.59 Å². The van der Waals surface area contributed by atoms with Gasteiger partial charge in [-0.05, 0) is 43.9 Å². The van der Waals surface area contributed by atoms with Crippen molar-refractivity contribution in [3.63, 3.8) is 0 Å². The van der Waals surface area contributed by atoms with Gasteiger partial charge in [0.1, 0.15) is 0 Å². The molecule has 6 nitrogen and oxygen atoms in total. The lowest BCUT2D eigenvalue weighted by molar-refractivity contribution is 0.0724. The quantitative estimate of drug-likeness (QED) is 0.936. The molecule has 0 aliphatic carbocycles. The highest BCUT2D eigenvalue weighted by atomic mass is 16.5. The second-order valence-electron chi connectivity index (χ2n) is 6.07. The van der Waals surface area contributed by atoms with E-state index in [-0.39, 0.29) is 17.6 Å². The van der Waals surface area contributed by atoms with E-state index < -0.39 is 0 Å². The van der Waals surface area contributed by atoms with Crippen molar-refractivity contribution >= 4 is 11.8 Å². The molecule has 1 saturated heterocycles. The lowest BCUT2D eigenvalue weighted by Crippen LogP contribution is -2.35. The summed E-state index contributed by atoms with van der Waals surface area (Å²) in [6.45, 7) is 3.82. The molecule has 6 heteroatoms. The third kappa shape index (κ3) is 3.82. The first-order chi connectivity index (χ1) is 11.6. The Morgan fingerprint density at radius 1 is 1.17 bits per heavy atom. The van der Waals surface area contributed by atoms with E-state index in [1.165, 1.54) is 6.42 Å². The molecule has 2 amide bonds. The summed E-state index contributed by atoms with van der Waals surface area (Å²) >= 11 is 0. The summed E-state index contributed by atoms with van der Waals surface area (Å²) in [6.07, 6.45) is 3.36. The standard InChI is InChI=1S/C18H21N3O3/c1-13-11-16(24-20-13)17(22)19-12-14-5-7-15(8-6-14)18(23)21-9-3-2-4-10-21/h5-8,11H,2-4,9-10,12H2,1H3,(H,19,22). The number of hydrogen-bond donors (Lipinski definition) is 1. The molecule has 1 aliphatic heterocycles. The fourth-order valence-electron chi connectivity index (χ4n) is 2.78. The number of carbonyl (C=O) groups excluding carboxylic acids is 2. The molecule has 1 aromatic carbocycles. The van der Waals surface area contributed by atoms with Crippen molar-refractivity contribution in [2.75, 3.05) is 13.1 Å². The number of rotatable bonds is 4. The fourth-order valence-corrected chi connectivity index (χ4v) is 2.78. The second kappa shape index (κ2) is 7.29. The Hall–Kier alpha value is -2.63. The number of nitrogens with one attached hydrogen (secondary N) is 1. The van der Waals surface area contributed by atoms with Crippen LogP contribution < -0.4 is 5.32 Å². The highest BCUT2D eigenvalue weighted by Crippen LogP contribution is 2.14. The minimum atomic E-state index is -0.302. The summed E-state index contributed by atoms with van der Waals surface area (Å²) in [5, 5.41) is 6.46. The third-order valence-electron chi connectivity index (χ3n) is 4.15. The summed E-state index contributed by atoms with van der Waals surface area (Å²) in [5.41, 5.74) is 2.29.